The number of esters is 1. The molecule has 5 heteroatoms. The molecule has 1 atom stereocenters. The number of fused-ring (bicyclic) bond motifs is 1. The van der Waals surface area contributed by atoms with Gasteiger partial charge in [0.1, 0.15) is 17.6 Å². The Morgan fingerprint density at radius 3 is 2.64 bits per heavy atom. The van der Waals surface area contributed by atoms with Gasteiger partial charge in [-0.1, -0.05) is 18.2 Å². The smallest absolute Gasteiger partial charge is 0.337 e. The lowest BCUT2D eigenvalue weighted by Crippen LogP contribution is -2.30. The highest BCUT2D eigenvalue weighted by molar-refractivity contribution is 5.89. The van der Waals surface area contributed by atoms with E-state index >= 15 is 0 Å². The summed E-state index contributed by atoms with van der Waals surface area (Å²) in [6.45, 7) is 4.46. The van der Waals surface area contributed by atoms with Crippen molar-refractivity contribution in [3.8, 4) is 11.5 Å². The highest BCUT2D eigenvalue weighted by Crippen LogP contribution is 2.28. The predicted octanol–water partition coefficient (Wildman–Crippen LogP) is 3.26. The van der Waals surface area contributed by atoms with Crippen LogP contribution in [0.2, 0.25) is 0 Å². The molecule has 0 unspecified atom stereocenters. The molecule has 0 saturated carbocycles. The lowest BCUT2D eigenvalue weighted by Gasteiger charge is -2.22. The highest BCUT2D eigenvalue weighted by atomic mass is 16.5. The van der Waals surface area contributed by atoms with Gasteiger partial charge in [0.2, 0.25) is 0 Å². The first-order valence-corrected chi connectivity index (χ1v) is 8.32. The number of ether oxygens (including phenoxy) is 3. The number of methoxy groups -OCH3 is 2. The number of carbonyl (C=O) groups excluding carboxylic acids is 1. The molecule has 25 heavy (non-hydrogen) atoms. The highest BCUT2D eigenvalue weighted by Gasteiger charge is 2.21. The zero-order chi connectivity index (χ0) is 17.8. The molecule has 3 rings (SSSR count). The van der Waals surface area contributed by atoms with Crippen molar-refractivity contribution < 1.29 is 19.0 Å². The Labute approximate surface area is 148 Å². The molecule has 1 heterocycles. The van der Waals surface area contributed by atoms with Gasteiger partial charge < -0.3 is 14.2 Å². The van der Waals surface area contributed by atoms with Crippen LogP contribution in [0.4, 0.5) is 0 Å². The molecule has 1 aliphatic heterocycles. The molecule has 0 aliphatic carbocycles. The summed E-state index contributed by atoms with van der Waals surface area (Å²) in [4.78, 5) is 14.1. The van der Waals surface area contributed by atoms with E-state index in [1.807, 2.05) is 25.1 Å². The third-order valence-corrected chi connectivity index (χ3v) is 4.29. The molecule has 0 radical (unpaired) electrons. The van der Waals surface area contributed by atoms with E-state index in [2.05, 4.69) is 17.0 Å². The monoisotopic (exact) mass is 341 g/mol. The van der Waals surface area contributed by atoms with Crippen LogP contribution < -0.4 is 9.47 Å². The van der Waals surface area contributed by atoms with Gasteiger partial charge in [0.15, 0.2) is 0 Å². The van der Waals surface area contributed by atoms with Crippen molar-refractivity contribution in [1.29, 1.82) is 0 Å². The van der Waals surface area contributed by atoms with Crippen molar-refractivity contribution in [2.45, 2.75) is 26.1 Å². The molecule has 2 aromatic rings. The maximum atomic E-state index is 11.7. The number of hydrogen-bond donors (Lipinski definition) is 0. The molecule has 0 fully saturated rings. The molecule has 0 amide bonds. The molecule has 0 saturated heterocycles. The van der Waals surface area contributed by atoms with E-state index in [1.54, 1.807) is 19.2 Å². The van der Waals surface area contributed by atoms with Crippen LogP contribution in [0.15, 0.2) is 42.5 Å². The number of nitrogens with zero attached hydrogens (tertiary/aromatic N) is 1. The summed E-state index contributed by atoms with van der Waals surface area (Å²) < 4.78 is 16.0. The Balaban J connectivity index is 1.78. The molecule has 0 spiro atoms. The lowest BCUT2D eigenvalue weighted by atomic mass is 10.1. The second-order valence-corrected chi connectivity index (χ2v) is 6.26. The van der Waals surface area contributed by atoms with Crippen molar-refractivity contribution >= 4 is 5.97 Å². The zero-order valence-electron chi connectivity index (χ0n) is 14.8. The largest absolute Gasteiger partial charge is 0.497 e. The van der Waals surface area contributed by atoms with Crippen LogP contribution in [0.1, 0.15) is 28.4 Å². The molecule has 0 aromatic heterocycles. The average Bonchev–Trinajstić information content (AvgIpc) is 2.78. The summed E-state index contributed by atoms with van der Waals surface area (Å²) in [6, 6.07) is 13.6. The molecule has 5 nitrogen and oxygen atoms in total. The Morgan fingerprint density at radius 2 is 1.96 bits per heavy atom. The van der Waals surface area contributed by atoms with Crippen molar-refractivity contribution in [3.63, 3.8) is 0 Å². The van der Waals surface area contributed by atoms with Crippen molar-refractivity contribution in [2.24, 2.45) is 0 Å². The number of rotatable bonds is 4. The van der Waals surface area contributed by atoms with Crippen molar-refractivity contribution in [1.82, 2.24) is 4.90 Å². The van der Waals surface area contributed by atoms with Crippen LogP contribution in [0, 0.1) is 0 Å². The molecule has 0 N–H and O–H groups in total. The van der Waals surface area contributed by atoms with Crippen molar-refractivity contribution in [3.05, 3.63) is 59.2 Å². The Morgan fingerprint density at radius 1 is 1.20 bits per heavy atom. The SMILES string of the molecule is COC(=O)c1ccc2c(c1)O[C@@H](C)CN(Cc1ccc(OC)cc1)C2. The lowest BCUT2D eigenvalue weighted by molar-refractivity contribution is 0.0600. The second-order valence-electron chi connectivity index (χ2n) is 6.26. The minimum Gasteiger partial charge on any atom is -0.497 e. The van der Waals surface area contributed by atoms with Crippen LogP contribution in [-0.4, -0.2) is 37.7 Å². The summed E-state index contributed by atoms with van der Waals surface area (Å²) in [5, 5.41) is 0. The number of carbonyl (C=O) groups is 1. The van der Waals surface area contributed by atoms with E-state index in [0.29, 0.717) is 5.56 Å². The van der Waals surface area contributed by atoms with E-state index < -0.39 is 0 Å². The van der Waals surface area contributed by atoms with Gasteiger partial charge in [0, 0.05) is 25.2 Å². The summed E-state index contributed by atoms with van der Waals surface area (Å²) in [5.74, 6) is 1.27. The molecule has 132 valence electrons. The van der Waals surface area contributed by atoms with E-state index in [1.165, 1.54) is 12.7 Å². The van der Waals surface area contributed by atoms with Gasteiger partial charge in [-0.15, -0.1) is 0 Å². The topological polar surface area (TPSA) is 48.0 Å². The van der Waals surface area contributed by atoms with Crippen LogP contribution in [0.3, 0.4) is 0 Å². The fourth-order valence-electron chi connectivity index (χ4n) is 3.07. The summed E-state index contributed by atoms with van der Waals surface area (Å²) in [6.07, 6.45) is 0.0346. The quantitative estimate of drug-likeness (QED) is 0.799. The van der Waals surface area contributed by atoms with Crippen LogP contribution >= 0.6 is 0 Å². The normalized spacial score (nSPS) is 17.2. The Kier molecular flexibility index (Phi) is 5.24. The Bertz CT molecular complexity index is 742. The third kappa shape index (κ3) is 4.12. The van der Waals surface area contributed by atoms with E-state index in [0.717, 1.165) is 36.7 Å². The zero-order valence-corrected chi connectivity index (χ0v) is 14.8. The maximum absolute atomic E-state index is 11.7. The van der Waals surface area contributed by atoms with E-state index in [-0.39, 0.29) is 12.1 Å². The van der Waals surface area contributed by atoms with E-state index in [9.17, 15) is 4.79 Å². The first-order chi connectivity index (χ1) is 12.1. The van der Waals surface area contributed by atoms with Gasteiger partial charge in [-0.25, -0.2) is 4.79 Å². The third-order valence-electron chi connectivity index (χ3n) is 4.29. The fraction of sp³-hybridized carbons (Fsp3) is 0.350. The average molecular weight is 341 g/mol. The molecule has 0 bridgehead atoms. The molecule has 2 aromatic carbocycles. The van der Waals surface area contributed by atoms with Gasteiger partial charge in [-0.2, -0.15) is 0 Å². The van der Waals surface area contributed by atoms with Gasteiger partial charge in [-0.3, -0.25) is 4.90 Å². The van der Waals surface area contributed by atoms with Crippen LogP contribution in [0.25, 0.3) is 0 Å². The first kappa shape index (κ1) is 17.3. The van der Waals surface area contributed by atoms with E-state index in [4.69, 9.17) is 14.2 Å². The summed E-state index contributed by atoms with van der Waals surface area (Å²) >= 11 is 0. The predicted molar refractivity (Wildman–Crippen MR) is 95.0 cm³/mol. The Hall–Kier alpha value is -2.53. The van der Waals surface area contributed by atoms with Crippen molar-refractivity contribution in [2.75, 3.05) is 20.8 Å². The molecular weight excluding hydrogens is 318 g/mol. The van der Waals surface area contributed by atoms with Crippen LogP contribution in [0.5, 0.6) is 11.5 Å². The minimum atomic E-state index is -0.349. The van der Waals surface area contributed by atoms with Gasteiger partial charge >= 0.3 is 5.97 Å². The summed E-state index contributed by atoms with van der Waals surface area (Å²) in [5.41, 5.74) is 2.81. The summed E-state index contributed by atoms with van der Waals surface area (Å²) in [7, 11) is 3.05. The van der Waals surface area contributed by atoms with Crippen LogP contribution in [-0.2, 0) is 17.8 Å². The molecule has 1 aliphatic rings. The van der Waals surface area contributed by atoms with Gasteiger partial charge in [0.05, 0.1) is 19.8 Å². The van der Waals surface area contributed by atoms with Gasteiger partial charge in [0.25, 0.3) is 0 Å². The maximum Gasteiger partial charge on any atom is 0.337 e. The number of benzene rings is 2. The number of hydrogen-bond acceptors (Lipinski definition) is 5. The first-order valence-electron chi connectivity index (χ1n) is 8.32. The second kappa shape index (κ2) is 7.57. The minimum absolute atomic E-state index is 0.0346. The molecular formula is C20H23NO4. The van der Waals surface area contributed by atoms with Gasteiger partial charge in [-0.05, 0) is 36.8 Å². The standard InChI is InChI=1S/C20H23NO4/c1-14-11-21(12-15-4-8-18(23-2)9-5-15)13-17-7-6-16(20(22)24-3)10-19(17)25-14/h4-10,14H,11-13H2,1-3H3/t14-/m0/s1. The fourth-order valence-corrected chi connectivity index (χ4v) is 3.07.